The van der Waals surface area contributed by atoms with Crippen molar-refractivity contribution in [2.45, 2.75) is 38.7 Å². The van der Waals surface area contributed by atoms with Crippen LogP contribution in [0.4, 0.5) is 0 Å². The monoisotopic (exact) mass is 454 g/mol. The molecule has 2 aromatic carbocycles. The van der Waals surface area contributed by atoms with Gasteiger partial charge in [-0.1, -0.05) is 67.4 Å². The fraction of sp³-hybridized carbons (Fsp3) is 0.273. The molecule has 0 bridgehead atoms. The van der Waals surface area contributed by atoms with Crippen molar-refractivity contribution in [3.63, 3.8) is 0 Å². The number of nitrogens with zero attached hydrogens (tertiary/aromatic N) is 5. The fourth-order valence-electron chi connectivity index (χ4n) is 3.71. The number of hydrogen-bond acceptors (Lipinski definition) is 7. The Morgan fingerprint density at radius 2 is 1.84 bits per heavy atom. The van der Waals surface area contributed by atoms with Gasteiger partial charge in [0.05, 0.1) is 0 Å². The van der Waals surface area contributed by atoms with Gasteiger partial charge in [0.2, 0.25) is 5.82 Å². The van der Waals surface area contributed by atoms with Gasteiger partial charge in [-0.25, -0.2) is 4.98 Å². The van der Waals surface area contributed by atoms with E-state index in [1.807, 2.05) is 48.5 Å². The molecular weight excluding hydrogens is 432 g/mol. The molecule has 0 saturated carbocycles. The van der Waals surface area contributed by atoms with E-state index in [0.717, 1.165) is 35.1 Å². The summed E-state index contributed by atoms with van der Waals surface area (Å²) in [5, 5.41) is 43.8. The normalized spacial score (nSPS) is 11.8. The van der Waals surface area contributed by atoms with E-state index in [0.29, 0.717) is 18.1 Å². The Morgan fingerprint density at radius 3 is 2.53 bits per heavy atom. The topological polar surface area (TPSA) is 133 Å². The number of H-pyrrole nitrogens is 1. The summed E-state index contributed by atoms with van der Waals surface area (Å²) in [6.07, 6.45) is 2.37. The average Bonchev–Trinajstić information content (AvgIpc) is 3.40. The van der Waals surface area contributed by atoms with Gasteiger partial charge in [0.15, 0.2) is 5.15 Å². The highest BCUT2D eigenvalue weighted by Crippen LogP contribution is 2.31. The van der Waals surface area contributed by atoms with Crippen LogP contribution in [0.15, 0.2) is 48.5 Å². The van der Waals surface area contributed by atoms with Crippen molar-refractivity contribution in [1.29, 1.82) is 0 Å². The van der Waals surface area contributed by atoms with E-state index in [1.54, 1.807) is 4.57 Å². The number of hydrogen-bond donors (Lipinski definition) is 4. The zero-order valence-corrected chi connectivity index (χ0v) is 18.2. The summed E-state index contributed by atoms with van der Waals surface area (Å²) in [5.74, 6) is -2.04. The SMILES string of the molecule is CCCCc1nc(Cl)c(C(O)(O)O)n1Cc1cccc(-c2ccccc2-c2nn[nH]n2)c1. The number of benzene rings is 2. The molecule has 0 unspecified atom stereocenters. The predicted molar refractivity (Wildman–Crippen MR) is 118 cm³/mol. The molecule has 0 radical (unpaired) electrons. The number of halogens is 1. The lowest BCUT2D eigenvalue weighted by Crippen LogP contribution is -2.29. The van der Waals surface area contributed by atoms with Gasteiger partial charge in [-0.05, 0) is 34.4 Å². The summed E-state index contributed by atoms with van der Waals surface area (Å²) in [4.78, 5) is 4.26. The second kappa shape index (κ2) is 9.17. The second-order valence-electron chi connectivity index (χ2n) is 7.47. The highest BCUT2D eigenvalue weighted by atomic mass is 35.5. The Hall–Kier alpha value is -3.11. The highest BCUT2D eigenvalue weighted by molar-refractivity contribution is 6.30. The van der Waals surface area contributed by atoms with Gasteiger partial charge in [-0.2, -0.15) is 5.21 Å². The van der Waals surface area contributed by atoms with E-state index in [1.165, 1.54) is 0 Å². The van der Waals surface area contributed by atoms with E-state index in [4.69, 9.17) is 11.6 Å². The van der Waals surface area contributed by atoms with Crippen molar-refractivity contribution in [3.05, 3.63) is 70.8 Å². The predicted octanol–water partition coefficient (Wildman–Crippen LogP) is 2.86. The van der Waals surface area contributed by atoms with Crippen molar-refractivity contribution < 1.29 is 15.3 Å². The molecule has 166 valence electrons. The Bertz CT molecular complexity index is 1200. The molecule has 0 aliphatic carbocycles. The maximum Gasteiger partial charge on any atom is 0.323 e. The van der Waals surface area contributed by atoms with Crippen LogP contribution in [-0.2, 0) is 18.9 Å². The lowest BCUT2D eigenvalue weighted by atomic mass is 9.97. The van der Waals surface area contributed by atoms with Gasteiger partial charge in [-0.15, -0.1) is 10.2 Å². The van der Waals surface area contributed by atoms with Gasteiger partial charge in [0.25, 0.3) is 0 Å². The van der Waals surface area contributed by atoms with Crippen LogP contribution in [-0.4, -0.2) is 45.5 Å². The molecule has 4 rings (SSSR count). The first-order chi connectivity index (χ1) is 15.4. The number of unbranched alkanes of at least 4 members (excludes halogenated alkanes) is 1. The minimum atomic E-state index is -3.10. The first kappa shape index (κ1) is 22.1. The van der Waals surface area contributed by atoms with E-state index in [2.05, 4.69) is 32.5 Å². The lowest BCUT2D eigenvalue weighted by molar-refractivity contribution is -0.327. The molecule has 2 aromatic heterocycles. The molecule has 32 heavy (non-hydrogen) atoms. The van der Waals surface area contributed by atoms with E-state index in [-0.39, 0.29) is 17.4 Å². The van der Waals surface area contributed by atoms with Gasteiger partial charge in [0, 0.05) is 18.5 Å². The zero-order chi connectivity index (χ0) is 22.7. The lowest BCUT2D eigenvalue weighted by Gasteiger charge is -2.19. The second-order valence-corrected chi connectivity index (χ2v) is 7.83. The molecule has 0 amide bonds. The Balaban J connectivity index is 1.74. The number of imidazole rings is 1. The molecule has 0 atom stereocenters. The maximum atomic E-state index is 9.89. The van der Waals surface area contributed by atoms with Crippen molar-refractivity contribution in [3.8, 4) is 22.5 Å². The van der Waals surface area contributed by atoms with Gasteiger partial charge >= 0.3 is 5.97 Å². The quantitative estimate of drug-likeness (QED) is 0.301. The van der Waals surface area contributed by atoms with E-state index >= 15 is 0 Å². The molecule has 0 aliphatic rings. The van der Waals surface area contributed by atoms with Crippen LogP contribution >= 0.6 is 11.6 Å². The van der Waals surface area contributed by atoms with Crippen LogP contribution < -0.4 is 0 Å². The smallest absolute Gasteiger partial charge is 0.323 e. The summed E-state index contributed by atoms with van der Waals surface area (Å²) < 4.78 is 1.56. The molecule has 9 nitrogen and oxygen atoms in total. The number of tetrazole rings is 1. The largest absolute Gasteiger partial charge is 0.338 e. The van der Waals surface area contributed by atoms with Gasteiger partial charge < -0.3 is 19.9 Å². The summed E-state index contributed by atoms with van der Waals surface area (Å²) in [5.41, 5.74) is 3.29. The van der Waals surface area contributed by atoms with Crippen LogP contribution in [0.5, 0.6) is 0 Å². The van der Waals surface area contributed by atoms with Crippen LogP contribution in [0.1, 0.15) is 36.8 Å². The van der Waals surface area contributed by atoms with Crippen molar-refractivity contribution in [2.24, 2.45) is 0 Å². The number of rotatable bonds is 8. The molecule has 0 fully saturated rings. The van der Waals surface area contributed by atoms with Crippen LogP contribution in [0.2, 0.25) is 5.15 Å². The minimum absolute atomic E-state index is 0.137. The van der Waals surface area contributed by atoms with Crippen molar-refractivity contribution >= 4 is 11.6 Å². The molecule has 2 heterocycles. The summed E-state index contributed by atoms with van der Waals surface area (Å²) >= 11 is 6.15. The summed E-state index contributed by atoms with van der Waals surface area (Å²) in [6, 6.07) is 15.5. The first-order valence-corrected chi connectivity index (χ1v) is 10.6. The number of aliphatic hydroxyl groups is 3. The number of aromatic amines is 1. The van der Waals surface area contributed by atoms with E-state index < -0.39 is 5.97 Å². The third kappa shape index (κ3) is 4.56. The maximum absolute atomic E-state index is 9.89. The van der Waals surface area contributed by atoms with Gasteiger partial charge in [-0.3, -0.25) is 0 Å². The molecule has 4 aromatic rings. The molecule has 10 heteroatoms. The third-order valence-corrected chi connectivity index (χ3v) is 5.43. The minimum Gasteiger partial charge on any atom is -0.338 e. The molecular formula is C22H23ClN6O3. The number of aromatic nitrogens is 6. The third-order valence-electron chi connectivity index (χ3n) is 5.17. The highest BCUT2D eigenvalue weighted by Gasteiger charge is 2.32. The standard InChI is InChI=1S/C22H23ClN6O3/c1-2-3-11-18-24-20(23)19(22(30,31)32)29(18)13-14-7-6-8-15(12-14)16-9-4-5-10-17(16)21-25-27-28-26-21/h4-10,12,30-32H,2-3,11,13H2,1H3,(H,25,26,27,28). The van der Waals surface area contributed by atoms with Crippen molar-refractivity contribution in [1.82, 2.24) is 30.2 Å². The van der Waals surface area contributed by atoms with E-state index in [9.17, 15) is 15.3 Å². The Kier molecular flexibility index (Phi) is 6.33. The van der Waals surface area contributed by atoms with Crippen molar-refractivity contribution in [2.75, 3.05) is 0 Å². The fourth-order valence-corrected chi connectivity index (χ4v) is 4.03. The number of aryl methyl sites for hydroxylation is 1. The average molecular weight is 455 g/mol. The molecule has 0 spiro atoms. The van der Waals surface area contributed by atoms with Gasteiger partial charge in [0.1, 0.15) is 11.5 Å². The summed E-state index contributed by atoms with van der Waals surface area (Å²) in [6.45, 7) is 2.30. The van der Waals surface area contributed by atoms with Crippen LogP contribution in [0.25, 0.3) is 22.5 Å². The van der Waals surface area contributed by atoms with Crippen LogP contribution in [0, 0.1) is 0 Å². The number of nitrogens with one attached hydrogen (secondary N) is 1. The molecule has 0 saturated heterocycles. The zero-order valence-electron chi connectivity index (χ0n) is 17.4. The molecule has 0 aliphatic heterocycles. The Labute approximate surface area is 189 Å². The first-order valence-electron chi connectivity index (χ1n) is 10.2. The van der Waals surface area contributed by atoms with Crippen LogP contribution in [0.3, 0.4) is 0 Å². The summed E-state index contributed by atoms with van der Waals surface area (Å²) in [7, 11) is 0. The Morgan fingerprint density at radius 1 is 1.06 bits per heavy atom. The molecule has 4 N–H and O–H groups in total.